The molecule has 3 saturated heterocycles. The molecule has 0 radical (unpaired) electrons. The quantitative estimate of drug-likeness (QED) is 0.210. The Morgan fingerprint density at radius 2 is 1.86 bits per heavy atom. The highest BCUT2D eigenvalue weighted by atomic mass is 32.2. The summed E-state index contributed by atoms with van der Waals surface area (Å²) in [5, 5.41) is 10.6. The van der Waals surface area contributed by atoms with Crippen LogP contribution in [0.2, 0.25) is 0 Å². The molecule has 1 spiro atoms. The molecule has 3 aliphatic heterocycles. The van der Waals surface area contributed by atoms with Crippen LogP contribution in [0.15, 0.2) is 73.8 Å². The highest BCUT2D eigenvalue weighted by Crippen LogP contribution is 2.67. The minimum absolute atomic E-state index is 0.0966. The van der Waals surface area contributed by atoms with Gasteiger partial charge in [0.05, 0.1) is 35.8 Å². The van der Waals surface area contributed by atoms with Gasteiger partial charge in [0.25, 0.3) is 5.91 Å². The number of aryl methyl sites for hydroxylation is 2. The normalized spacial score (nSPS) is 26.5. The number of thioether (sulfide) groups is 1. The molecule has 2 bridgehead atoms. The fourth-order valence-electron chi connectivity index (χ4n) is 7.30. The zero-order chi connectivity index (χ0) is 30.0. The minimum atomic E-state index is -0.875. The van der Waals surface area contributed by atoms with Gasteiger partial charge in [0.15, 0.2) is 0 Å². The number of hydrogen-bond donors (Lipinski definition) is 1. The number of carbonyl (C=O) groups excluding carboxylic acids is 3. The number of likely N-dealkylation sites (tertiary alicyclic amines) is 1. The van der Waals surface area contributed by atoms with E-state index < -0.39 is 28.7 Å². The van der Waals surface area contributed by atoms with Gasteiger partial charge in [-0.25, -0.2) is 0 Å². The summed E-state index contributed by atoms with van der Waals surface area (Å²) >= 11 is 1.60. The van der Waals surface area contributed by atoms with Gasteiger partial charge in [0.2, 0.25) is 5.91 Å². The van der Waals surface area contributed by atoms with E-state index >= 15 is 0 Å². The number of allylic oxidation sites excluding steroid dienone is 1. The minimum Gasteiger partial charge on any atom is -0.465 e. The van der Waals surface area contributed by atoms with Gasteiger partial charge in [-0.3, -0.25) is 14.4 Å². The number of unbranched alkanes of at least 4 members (excludes halogenated alkanes) is 1. The standard InChI is InChI=1S/C34H40N2O5S/c1-5-7-11-20-41-33(40)27-26-17-18-34(42-26)28(27)31(38)36(25(21-37)24-15-9-8-10-16-24)30(34)32(39)35(19-6-2)29-22(3)13-12-14-23(29)4/h5-6,8-10,12-16,25-28,30,37H,1-2,7,11,17-21H2,3-4H3/t25-,26+,27-,28+,30?,34?/m1/s1. The Kier molecular flexibility index (Phi) is 8.94. The lowest BCUT2D eigenvalue weighted by atomic mass is 9.71. The molecule has 3 aliphatic rings. The Hall–Kier alpha value is -3.36. The molecule has 2 aromatic carbocycles. The molecule has 1 N–H and O–H groups in total. The highest BCUT2D eigenvalue weighted by Gasteiger charge is 2.75. The van der Waals surface area contributed by atoms with E-state index in [-0.39, 0.29) is 42.8 Å². The van der Waals surface area contributed by atoms with Crippen LogP contribution in [0.25, 0.3) is 0 Å². The van der Waals surface area contributed by atoms with Crippen molar-refractivity contribution in [2.75, 3.05) is 24.7 Å². The van der Waals surface area contributed by atoms with Crippen LogP contribution in [0.4, 0.5) is 5.69 Å². The Labute approximate surface area is 252 Å². The third kappa shape index (κ3) is 4.98. The van der Waals surface area contributed by atoms with E-state index in [9.17, 15) is 19.5 Å². The molecule has 3 heterocycles. The number of aliphatic hydroxyl groups is 1. The van der Waals surface area contributed by atoms with Crippen LogP contribution in [0.5, 0.6) is 0 Å². The van der Waals surface area contributed by atoms with Crippen molar-refractivity contribution in [2.24, 2.45) is 11.8 Å². The molecule has 0 aromatic heterocycles. The van der Waals surface area contributed by atoms with Crippen LogP contribution in [0, 0.1) is 25.7 Å². The Morgan fingerprint density at radius 1 is 1.14 bits per heavy atom. The van der Waals surface area contributed by atoms with Gasteiger partial charge in [0, 0.05) is 17.5 Å². The second-order valence-corrected chi connectivity index (χ2v) is 13.1. The van der Waals surface area contributed by atoms with E-state index in [2.05, 4.69) is 13.2 Å². The van der Waals surface area contributed by atoms with Crippen molar-refractivity contribution in [3.8, 4) is 0 Å². The van der Waals surface area contributed by atoms with Gasteiger partial charge in [-0.1, -0.05) is 60.7 Å². The molecule has 2 aromatic rings. The molecule has 7 nitrogen and oxygen atoms in total. The summed E-state index contributed by atoms with van der Waals surface area (Å²) in [5.74, 6) is -2.20. The summed E-state index contributed by atoms with van der Waals surface area (Å²) in [6.45, 7) is 11.8. The number of fused-ring (bicyclic) bond motifs is 1. The Morgan fingerprint density at radius 3 is 2.50 bits per heavy atom. The van der Waals surface area contributed by atoms with Crippen LogP contribution in [-0.2, 0) is 19.1 Å². The van der Waals surface area contributed by atoms with Gasteiger partial charge in [0.1, 0.15) is 6.04 Å². The smallest absolute Gasteiger partial charge is 0.310 e. The van der Waals surface area contributed by atoms with Gasteiger partial charge in [-0.05, 0) is 56.2 Å². The van der Waals surface area contributed by atoms with Crippen molar-refractivity contribution in [3.63, 3.8) is 0 Å². The van der Waals surface area contributed by atoms with Crippen LogP contribution in [0.3, 0.4) is 0 Å². The van der Waals surface area contributed by atoms with Crippen molar-refractivity contribution in [3.05, 3.63) is 90.5 Å². The monoisotopic (exact) mass is 588 g/mol. The van der Waals surface area contributed by atoms with E-state index in [0.717, 1.165) is 35.2 Å². The Bertz CT molecular complexity index is 1340. The third-order valence-corrected chi connectivity index (χ3v) is 11.0. The first kappa shape index (κ1) is 30.1. The van der Waals surface area contributed by atoms with Crippen molar-refractivity contribution in [2.45, 2.75) is 61.6 Å². The number of nitrogens with zero attached hydrogens (tertiary/aromatic N) is 2. The topological polar surface area (TPSA) is 87.2 Å². The molecule has 2 amide bonds. The van der Waals surface area contributed by atoms with Gasteiger partial charge in [-0.15, -0.1) is 24.9 Å². The van der Waals surface area contributed by atoms with Gasteiger partial charge in [-0.2, -0.15) is 0 Å². The molecule has 222 valence electrons. The summed E-state index contributed by atoms with van der Waals surface area (Å²) in [6.07, 6.45) is 6.24. The molecule has 8 heteroatoms. The zero-order valence-corrected chi connectivity index (χ0v) is 25.2. The SMILES string of the molecule is C=CCCCOC(=O)[C@@H]1[C@@H]2CCC3(S2)C(C(=O)N(CC=C)c2c(C)cccc2C)N([C@H](CO)c2ccccc2)C(=O)[C@H]13. The summed E-state index contributed by atoms with van der Waals surface area (Å²) in [4.78, 5) is 46.4. The average molecular weight is 589 g/mol. The molecular formula is C34H40N2O5S. The van der Waals surface area contributed by atoms with Crippen LogP contribution in [0.1, 0.15) is 48.4 Å². The number of para-hydroxylation sites is 1. The molecule has 5 rings (SSSR count). The van der Waals surface area contributed by atoms with Crippen LogP contribution in [-0.4, -0.2) is 63.6 Å². The summed E-state index contributed by atoms with van der Waals surface area (Å²) in [6, 6.07) is 13.6. The Balaban J connectivity index is 1.61. The predicted octanol–water partition coefficient (Wildman–Crippen LogP) is 5.16. The van der Waals surface area contributed by atoms with Gasteiger partial charge >= 0.3 is 5.97 Å². The molecule has 42 heavy (non-hydrogen) atoms. The van der Waals surface area contributed by atoms with Crippen molar-refractivity contribution in [1.29, 1.82) is 0 Å². The van der Waals surface area contributed by atoms with Crippen molar-refractivity contribution >= 4 is 35.2 Å². The molecule has 2 unspecified atom stereocenters. The van der Waals surface area contributed by atoms with Crippen LogP contribution < -0.4 is 4.90 Å². The number of hydrogen-bond acceptors (Lipinski definition) is 6. The van der Waals surface area contributed by atoms with E-state index in [1.54, 1.807) is 33.7 Å². The maximum Gasteiger partial charge on any atom is 0.310 e. The second-order valence-electron chi connectivity index (χ2n) is 11.5. The first-order chi connectivity index (χ1) is 20.3. The van der Waals surface area contributed by atoms with E-state index in [1.165, 1.54) is 0 Å². The number of benzene rings is 2. The second kappa shape index (κ2) is 12.5. The van der Waals surface area contributed by atoms with Gasteiger partial charge < -0.3 is 19.6 Å². The number of anilines is 1. The maximum atomic E-state index is 15.0. The molecule has 3 fully saturated rings. The fourth-order valence-corrected chi connectivity index (χ4v) is 9.49. The highest BCUT2D eigenvalue weighted by molar-refractivity contribution is 8.02. The maximum absolute atomic E-state index is 15.0. The number of amides is 2. The van der Waals surface area contributed by atoms with Crippen molar-refractivity contribution < 1.29 is 24.2 Å². The lowest BCUT2D eigenvalue weighted by molar-refractivity contribution is -0.154. The third-order valence-electron chi connectivity index (χ3n) is 9.02. The number of ether oxygens (including phenoxy) is 1. The largest absolute Gasteiger partial charge is 0.465 e. The first-order valence-electron chi connectivity index (χ1n) is 14.7. The number of aliphatic hydroxyl groups excluding tert-OH is 1. The van der Waals surface area contributed by atoms with E-state index in [1.807, 2.05) is 62.4 Å². The zero-order valence-electron chi connectivity index (χ0n) is 24.4. The fraction of sp³-hybridized carbons (Fsp3) is 0.441. The van der Waals surface area contributed by atoms with E-state index in [0.29, 0.717) is 12.8 Å². The molecule has 0 aliphatic carbocycles. The molecule has 0 saturated carbocycles. The number of esters is 1. The lowest BCUT2D eigenvalue weighted by Gasteiger charge is -2.40. The summed E-state index contributed by atoms with van der Waals surface area (Å²) < 4.78 is 4.89. The molecule has 6 atom stereocenters. The first-order valence-corrected chi connectivity index (χ1v) is 15.6. The van der Waals surface area contributed by atoms with Crippen molar-refractivity contribution in [1.82, 2.24) is 4.90 Å². The molecular weight excluding hydrogens is 548 g/mol. The van der Waals surface area contributed by atoms with Crippen LogP contribution >= 0.6 is 11.8 Å². The number of rotatable bonds is 12. The summed E-state index contributed by atoms with van der Waals surface area (Å²) in [7, 11) is 0. The summed E-state index contributed by atoms with van der Waals surface area (Å²) in [5.41, 5.74) is 3.43. The average Bonchev–Trinajstić information content (AvgIpc) is 3.63. The lowest BCUT2D eigenvalue weighted by Crippen LogP contribution is -2.56. The number of carbonyl (C=O) groups is 3. The van der Waals surface area contributed by atoms with E-state index in [4.69, 9.17) is 4.74 Å². The predicted molar refractivity (Wildman–Crippen MR) is 166 cm³/mol.